The standard InChI is InChI=1S/C21H17N5O/c22-19(27)18(14-7-2-1-3-8-14)25-21-16-10-4-5-11-17(16)24-20(26-21)15-9-6-12-23-13-15/h1-13,18H,(H2,22,27)(H,24,25,26). The van der Waals surface area contributed by atoms with Gasteiger partial charge in [-0.05, 0) is 29.8 Å². The largest absolute Gasteiger partial charge is 0.368 e. The number of primary amides is 1. The summed E-state index contributed by atoms with van der Waals surface area (Å²) in [7, 11) is 0. The van der Waals surface area contributed by atoms with Crippen molar-refractivity contribution in [2.24, 2.45) is 5.73 Å². The van der Waals surface area contributed by atoms with Gasteiger partial charge in [0.15, 0.2) is 5.82 Å². The summed E-state index contributed by atoms with van der Waals surface area (Å²) < 4.78 is 0. The molecule has 132 valence electrons. The number of fused-ring (bicyclic) bond motifs is 1. The van der Waals surface area contributed by atoms with Crippen LogP contribution in [0.2, 0.25) is 0 Å². The number of para-hydroxylation sites is 1. The summed E-state index contributed by atoms with van der Waals surface area (Å²) in [6, 6.07) is 20.0. The van der Waals surface area contributed by atoms with Crippen LogP contribution in [0.3, 0.4) is 0 Å². The number of amides is 1. The number of aromatic nitrogens is 3. The highest BCUT2D eigenvalue weighted by molar-refractivity contribution is 5.93. The van der Waals surface area contributed by atoms with Crippen molar-refractivity contribution in [1.29, 1.82) is 0 Å². The molecule has 2 aromatic carbocycles. The molecule has 0 fully saturated rings. The lowest BCUT2D eigenvalue weighted by Crippen LogP contribution is -2.28. The fraction of sp³-hybridized carbons (Fsp3) is 0.0476. The van der Waals surface area contributed by atoms with Gasteiger partial charge >= 0.3 is 0 Å². The van der Waals surface area contributed by atoms with Crippen molar-refractivity contribution in [3.63, 3.8) is 0 Å². The van der Waals surface area contributed by atoms with Crippen LogP contribution in [0.15, 0.2) is 79.1 Å². The van der Waals surface area contributed by atoms with Gasteiger partial charge in [0.25, 0.3) is 0 Å². The topological polar surface area (TPSA) is 93.8 Å². The third-order valence-corrected chi connectivity index (χ3v) is 4.22. The normalized spacial score (nSPS) is 11.9. The first-order valence-corrected chi connectivity index (χ1v) is 8.50. The molecule has 6 nitrogen and oxygen atoms in total. The van der Waals surface area contributed by atoms with Gasteiger partial charge in [-0.1, -0.05) is 42.5 Å². The zero-order valence-corrected chi connectivity index (χ0v) is 14.4. The van der Waals surface area contributed by atoms with Crippen molar-refractivity contribution in [1.82, 2.24) is 15.0 Å². The molecule has 4 rings (SSSR count). The van der Waals surface area contributed by atoms with Crippen molar-refractivity contribution in [2.45, 2.75) is 6.04 Å². The maximum Gasteiger partial charge on any atom is 0.244 e. The highest BCUT2D eigenvalue weighted by Crippen LogP contribution is 2.27. The van der Waals surface area contributed by atoms with E-state index in [-0.39, 0.29) is 0 Å². The van der Waals surface area contributed by atoms with Gasteiger partial charge in [-0.15, -0.1) is 0 Å². The molecule has 0 saturated carbocycles. The van der Waals surface area contributed by atoms with E-state index >= 15 is 0 Å². The Labute approximate surface area is 156 Å². The summed E-state index contributed by atoms with van der Waals surface area (Å²) in [6.45, 7) is 0. The lowest BCUT2D eigenvalue weighted by Gasteiger charge is -2.18. The summed E-state index contributed by atoms with van der Waals surface area (Å²) >= 11 is 0. The van der Waals surface area contributed by atoms with Gasteiger partial charge < -0.3 is 11.1 Å². The average molecular weight is 355 g/mol. The van der Waals surface area contributed by atoms with Crippen molar-refractivity contribution in [3.05, 3.63) is 84.7 Å². The van der Waals surface area contributed by atoms with Crippen LogP contribution in [0.5, 0.6) is 0 Å². The van der Waals surface area contributed by atoms with Gasteiger partial charge in [0, 0.05) is 23.3 Å². The van der Waals surface area contributed by atoms with Gasteiger partial charge in [0.1, 0.15) is 11.9 Å². The smallest absolute Gasteiger partial charge is 0.244 e. The van der Waals surface area contributed by atoms with E-state index in [1.54, 1.807) is 12.4 Å². The van der Waals surface area contributed by atoms with E-state index in [1.807, 2.05) is 66.7 Å². The van der Waals surface area contributed by atoms with Crippen LogP contribution in [-0.2, 0) is 4.79 Å². The van der Waals surface area contributed by atoms with Gasteiger partial charge in [0.05, 0.1) is 5.52 Å². The molecule has 6 heteroatoms. The Morgan fingerprint density at radius 1 is 0.926 bits per heavy atom. The van der Waals surface area contributed by atoms with Crippen LogP contribution in [-0.4, -0.2) is 20.9 Å². The molecule has 0 spiro atoms. The molecule has 0 aliphatic carbocycles. The first-order chi connectivity index (χ1) is 13.2. The first-order valence-electron chi connectivity index (χ1n) is 8.50. The minimum absolute atomic E-state index is 0.480. The first kappa shape index (κ1) is 16.7. The van der Waals surface area contributed by atoms with E-state index in [1.165, 1.54) is 0 Å². The van der Waals surface area contributed by atoms with Gasteiger partial charge in [-0.2, -0.15) is 0 Å². The molecule has 0 saturated heterocycles. The number of rotatable bonds is 5. The van der Waals surface area contributed by atoms with Crippen molar-refractivity contribution in [3.8, 4) is 11.4 Å². The molecule has 0 aliphatic rings. The van der Waals surface area contributed by atoms with Crippen LogP contribution in [0.25, 0.3) is 22.3 Å². The molecule has 0 bridgehead atoms. The SMILES string of the molecule is NC(=O)C(Nc1nc(-c2cccnc2)nc2ccccc12)c1ccccc1. The lowest BCUT2D eigenvalue weighted by atomic mass is 10.1. The predicted molar refractivity (Wildman–Crippen MR) is 105 cm³/mol. The molecule has 2 aromatic heterocycles. The molecule has 0 radical (unpaired) electrons. The third-order valence-electron chi connectivity index (χ3n) is 4.22. The van der Waals surface area contributed by atoms with E-state index in [0.29, 0.717) is 11.6 Å². The van der Waals surface area contributed by atoms with Crippen molar-refractivity contribution >= 4 is 22.6 Å². The number of carbonyl (C=O) groups is 1. The summed E-state index contributed by atoms with van der Waals surface area (Å²) in [6.07, 6.45) is 3.40. The van der Waals surface area contributed by atoms with Crippen molar-refractivity contribution in [2.75, 3.05) is 5.32 Å². The summed E-state index contributed by atoms with van der Waals surface area (Å²) in [5.41, 5.74) is 7.99. The molecular formula is C21H17N5O. The fourth-order valence-electron chi connectivity index (χ4n) is 2.91. The Kier molecular flexibility index (Phi) is 4.45. The monoisotopic (exact) mass is 355 g/mol. The molecule has 1 atom stereocenters. The minimum atomic E-state index is -0.703. The van der Waals surface area contributed by atoms with E-state index < -0.39 is 11.9 Å². The lowest BCUT2D eigenvalue weighted by molar-refractivity contribution is -0.118. The zero-order valence-electron chi connectivity index (χ0n) is 14.4. The fourth-order valence-corrected chi connectivity index (χ4v) is 2.91. The number of hydrogen-bond donors (Lipinski definition) is 2. The summed E-state index contributed by atoms with van der Waals surface area (Å²) in [4.78, 5) is 25.5. The second kappa shape index (κ2) is 7.21. The van der Waals surface area contributed by atoms with Crippen molar-refractivity contribution < 1.29 is 4.79 Å². The highest BCUT2D eigenvalue weighted by Gasteiger charge is 2.20. The number of anilines is 1. The number of nitrogens with one attached hydrogen (secondary N) is 1. The van der Waals surface area contributed by atoms with Gasteiger partial charge in [0.2, 0.25) is 5.91 Å². The third kappa shape index (κ3) is 3.46. The Balaban J connectivity index is 1.83. The number of benzene rings is 2. The van der Waals surface area contributed by atoms with E-state index in [9.17, 15) is 4.79 Å². The van der Waals surface area contributed by atoms with E-state index in [0.717, 1.165) is 22.0 Å². The van der Waals surface area contributed by atoms with Crippen LogP contribution >= 0.6 is 0 Å². The van der Waals surface area contributed by atoms with Crippen LogP contribution in [0.1, 0.15) is 11.6 Å². The molecule has 27 heavy (non-hydrogen) atoms. The molecule has 2 heterocycles. The quantitative estimate of drug-likeness (QED) is 0.573. The Morgan fingerprint density at radius 3 is 2.44 bits per heavy atom. The Morgan fingerprint density at radius 2 is 1.70 bits per heavy atom. The molecule has 1 amide bonds. The second-order valence-corrected chi connectivity index (χ2v) is 6.05. The Bertz CT molecular complexity index is 1080. The second-order valence-electron chi connectivity index (χ2n) is 6.05. The minimum Gasteiger partial charge on any atom is -0.368 e. The number of carbonyl (C=O) groups excluding carboxylic acids is 1. The van der Waals surface area contributed by atoms with Gasteiger partial charge in [-0.3, -0.25) is 9.78 Å². The number of hydrogen-bond acceptors (Lipinski definition) is 5. The van der Waals surface area contributed by atoms with Crippen LogP contribution < -0.4 is 11.1 Å². The summed E-state index contributed by atoms with van der Waals surface area (Å²) in [5, 5.41) is 4.01. The highest BCUT2D eigenvalue weighted by atomic mass is 16.1. The summed E-state index contributed by atoms with van der Waals surface area (Å²) in [5.74, 6) is 0.597. The number of nitrogens with two attached hydrogens (primary N) is 1. The van der Waals surface area contributed by atoms with Gasteiger partial charge in [-0.25, -0.2) is 9.97 Å². The molecule has 0 aliphatic heterocycles. The molecular weight excluding hydrogens is 338 g/mol. The molecule has 3 N–H and O–H groups in total. The van der Waals surface area contributed by atoms with Crippen LogP contribution in [0.4, 0.5) is 5.82 Å². The zero-order chi connectivity index (χ0) is 18.6. The molecule has 1 unspecified atom stereocenters. The Hall–Kier alpha value is -3.80. The number of nitrogens with zero attached hydrogens (tertiary/aromatic N) is 3. The maximum atomic E-state index is 12.1. The number of pyridine rings is 1. The van der Waals surface area contributed by atoms with E-state index in [2.05, 4.69) is 20.3 Å². The predicted octanol–water partition coefficient (Wildman–Crippen LogP) is 3.33. The molecule has 4 aromatic rings. The van der Waals surface area contributed by atoms with Crippen LogP contribution in [0, 0.1) is 0 Å². The van der Waals surface area contributed by atoms with E-state index in [4.69, 9.17) is 5.73 Å². The maximum absolute atomic E-state index is 12.1. The average Bonchev–Trinajstić information content (AvgIpc) is 2.72.